The molecule has 0 bridgehead atoms. The van der Waals surface area contributed by atoms with Crippen LogP contribution in [0.25, 0.3) is 0 Å². The number of nitrogens with zero attached hydrogens (tertiary/aromatic N) is 1. The van der Waals surface area contributed by atoms with Gasteiger partial charge in [0.25, 0.3) is 0 Å². The molecule has 0 aliphatic carbocycles. The average Bonchev–Trinajstić information content (AvgIpc) is 2.43. The molecule has 0 spiro atoms. The van der Waals surface area contributed by atoms with Crippen LogP contribution in [0.3, 0.4) is 0 Å². The molecule has 0 aromatic heterocycles. The lowest BCUT2D eigenvalue weighted by Gasteiger charge is -2.27. The molecular formula is C15H32N2O. The smallest absolute Gasteiger partial charge is 0.0464 e. The van der Waals surface area contributed by atoms with Crippen molar-refractivity contribution < 1.29 is 4.74 Å². The van der Waals surface area contributed by atoms with Crippen LogP contribution in [0.15, 0.2) is 0 Å². The van der Waals surface area contributed by atoms with Crippen molar-refractivity contribution in [2.45, 2.75) is 45.4 Å². The Morgan fingerprint density at radius 1 is 1.11 bits per heavy atom. The van der Waals surface area contributed by atoms with E-state index in [1.165, 1.54) is 71.2 Å². The second kappa shape index (κ2) is 10.8. The molecule has 1 aliphatic rings. The first-order valence-electron chi connectivity index (χ1n) is 7.78. The molecule has 0 amide bonds. The van der Waals surface area contributed by atoms with E-state index in [9.17, 15) is 0 Å². The van der Waals surface area contributed by atoms with Gasteiger partial charge in [-0.25, -0.2) is 0 Å². The number of piperazine rings is 1. The summed E-state index contributed by atoms with van der Waals surface area (Å²) in [6.07, 6.45) is 8.11. The first kappa shape index (κ1) is 15.9. The van der Waals surface area contributed by atoms with Crippen LogP contribution >= 0.6 is 0 Å². The van der Waals surface area contributed by atoms with Crippen molar-refractivity contribution in [1.82, 2.24) is 10.2 Å². The summed E-state index contributed by atoms with van der Waals surface area (Å²) in [5.74, 6) is 0.879. The third-order valence-electron chi connectivity index (χ3n) is 4.10. The normalized spacial score (nSPS) is 19.0. The molecule has 1 heterocycles. The molecule has 1 atom stereocenters. The van der Waals surface area contributed by atoms with Gasteiger partial charge in [0.2, 0.25) is 0 Å². The van der Waals surface area contributed by atoms with E-state index in [-0.39, 0.29) is 0 Å². The second-order valence-electron chi connectivity index (χ2n) is 5.50. The molecule has 0 saturated carbocycles. The van der Waals surface area contributed by atoms with Crippen LogP contribution in [-0.4, -0.2) is 51.3 Å². The van der Waals surface area contributed by atoms with Crippen molar-refractivity contribution >= 4 is 0 Å². The van der Waals surface area contributed by atoms with Gasteiger partial charge in [0.05, 0.1) is 0 Å². The fraction of sp³-hybridized carbons (Fsp3) is 1.00. The third kappa shape index (κ3) is 7.34. The van der Waals surface area contributed by atoms with Crippen LogP contribution in [0.1, 0.15) is 45.4 Å². The second-order valence-corrected chi connectivity index (χ2v) is 5.50. The van der Waals surface area contributed by atoms with E-state index >= 15 is 0 Å². The fourth-order valence-corrected chi connectivity index (χ4v) is 2.72. The quantitative estimate of drug-likeness (QED) is 0.608. The average molecular weight is 256 g/mol. The lowest BCUT2D eigenvalue weighted by atomic mass is 9.95. The summed E-state index contributed by atoms with van der Waals surface area (Å²) in [5.41, 5.74) is 0. The molecule has 1 N–H and O–H groups in total. The molecule has 0 aromatic rings. The van der Waals surface area contributed by atoms with Crippen molar-refractivity contribution in [1.29, 1.82) is 0 Å². The van der Waals surface area contributed by atoms with Crippen LogP contribution in [0.2, 0.25) is 0 Å². The third-order valence-corrected chi connectivity index (χ3v) is 4.10. The number of rotatable bonds is 10. The summed E-state index contributed by atoms with van der Waals surface area (Å²) >= 11 is 0. The van der Waals surface area contributed by atoms with Gasteiger partial charge in [-0.05, 0) is 25.3 Å². The Kier molecular flexibility index (Phi) is 9.54. The van der Waals surface area contributed by atoms with E-state index in [1.807, 2.05) is 0 Å². The molecule has 3 nitrogen and oxygen atoms in total. The molecule has 0 unspecified atom stereocenters. The summed E-state index contributed by atoms with van der Waals surface area (Å²) in [7, 11) is 1.81. The Morgan fingerprint density at radius 3 is 2.56 bits per heavy atom. The van der Waals surface area contributed by atoms with Crippen molar-refractivity contribution in [2.24, 2.45) is 5.92 Å². The number of unbranched alkanes of at least 4 members (excludes halogenated alkanes) is 2. The van der Waals surface area contributed by atoms with Crippen LogP contribution in [0.5, 0.6) is 0 Å². The predicted octanol–water partition coefficient (Wildman–Crippen LogP) is 2.51. The first-order valence-corrected chi connectivity index (χ1v) is 7.78. The Morgan fingerprint density at radius 2 is 1.89 bits per heavy atom. The minimum atomic E-state index is 0.879. The van der Waals surface area contributed by atoms with Gasteiger partial charge in [-0.15, -0.1) is 0 Å². The molecule has 0 radical (unpaired) electrons. The van der Waals surface area contributed by atoms with E-state index in [0.29, 0.717) is 0 Å². The maximum absolute atomic E-state index is 5.17. The molecular weight excluding hydrogens is 224 g/mol. The van der Waals surface area contributed by atoms with Crippen molar-refractivity contribution in [3.63, 3.8) is 0 Å². The van der Waals surface area contributed by atoms with E-state index in [2.05, 4.69) is 17.1 Å². The Bertz CT molecular complexity index is 181. The highest BCUT2D eigenvalue weighted by Gasteiger charge is 2.09. The maximum atomic E-state index is 5.17. The zero-order valence-electron chi connectivity index (χ0n) is 12.4. The fourth-order valence-electron chi connectivity index (χ4n) is 2.72. The molecule has 1 saturated heterocycles. The zero-order chi connectivity index (χ0) is 13.1. The predicted molar refractivity (Wildman–Crippen MR) is 78.1 cm³/mol. The number of ether oxygens (including phenoxy) is 1. The van der Waals surface area contributed by atoms with Gasteiger partial charge in [0.1, 0.15) is 0 Å². The standard InChI is InChI=1S/C15H32N2O/c1-3-15(8-14-18-2)7-5-4-6-11-17-12-9-16-10-13-17/h15-16H,3-14H2,1-2H3/t15-/m0/s1. The minimum absolute atomic E-state index is 0.879. The SMILES string of the molecule is CC[C@@H](CCCCCN1CCNCC1)CCOC. The van der Waals surface area contributed by atoms with Gasteiger partial charge in [0, 0.05) is 39.9 Å². The lowest BCUT2D eigenvalue weighted by Crippen LogP contribution is -2.43. The van der Waals surface area contributed by atoms with Gasteiger partial charge >= 0.3 is 0 Å². The highest BCUT2D eigenvalue weighted by atomic mass is 16.5. The van der Waals surface area contributed by atoms with Crippen molar-refractivity contribution in [2.75, 3.05) is 46.4 Å². The zero-order valence-corrected chi connectivity index (χ0v) is 12.4. The summed E-state index contributed by atoms with van der Waals surface area (Å²) in [6, 6.07) is 0. The van der Waals surface area contributed by atoms with Gasteiger partial charge in [-0.3, -0.25) is 0 Å². The molecule has 108 valence electrons. The number of hydrogen-bond donors (Lipinski definition) is 1. The summed E-state index contributed by atoms with van der Waals surface area (Å²) in [5, 5.41) is 3.40. The number of hydrogen-bond acceptors (Lipinski definition) is 3. The molecule has 1 rings (SSSR count). The van der Waals surface area contributed by atoms with Gasteiger partial charge in [0.15, 0.2) is 0 Å². The number of methoxy groups -OCH3 is 1. The van der Waals surface area contributed by atoms with E-state index < -0.39 is 0 Å². The van der Waals surface area contributed by atoms with Crippen LogP contribution in [0.4, 0.5) is 0 Å². The van der Waals surface area contributed by atoms with Crippen LogP contribution < -0.4 is 5.32 Å². The highest BCUT2D eigenvalue weighted by Crippen LogP contribution is 2.17. The minimum Gasteiger partial charge on any atom is -0.385 e. The van der Waals surface area contributed by atoms with Crippen LogP contribution in [-0.2, 0) is 4.74 Å². The van der Waals surface area contributed by atoms with E-state index in [1.54, 1.807) is 7.11 Å². The molecule has 18 heavy (non-hydrogen) atoms. The van der Waals surface area contributed by atoms with Gasteiger partial charge < -0.3 is 15.0 Å². The maximum Gasteiger partial charge on any atom is 0.0464 e. The van der Waals surface area contributed by atoms with Gasteiger partial charge in [-0.1, -0.05) is 32.6 Å². The largest absolute Gasteiger partial charge is 0.385 e. The van der Waals surface area contributed by atoms with E-state index in [0.717, 1.165) is 12.5 Å². The molecule has 1 fully saturated rings. The van der Waals surface area contributed by atoms with E-state index in [4.69, 9.17) is 4.74 Å². The van der Waals surface area contributed by atoms with Crippen LogP contribution in [0, 0.1) is 5.92 Å². The Balaban J connectivity index is 1.93. The molecule has 0 aromatic carbocycles. The summed E-state index contributed by atoms with van der Waals surface area (Å²) in [6.45, 7) is 9.37. The Hall–Kier alpha value is -0.120. The highest BCUT2D eigenvalue weighted by molar-refractivity contribution is 4.67. The molecule has 1 aliphatic heterocycles. The first-order chi connectivity index (χ1) is 8.86. The summed E-state index contributed by atoms with van der Waals surface area (Å²) < 4.78 is 5.17. The number of nitrogens with one attached hydrogen (secondary N) is 1. The van der Waals surface area contributed by atoms with Gasteiger partial charge in [-0.2, -0.15) is 0 Å². The van der Waals surface area contributed by atoms with Crippen molar-refractivity contribution in [3.05, 3.63) is 0 Å². The molecule has 3 heteroatoms. The topological polar surface area (TPSA) is 24.5 Å². The summed E-state index contributed by atoms with van der Waals surface area (Å²) in [4.78, 5) is 2.60. The lowest BCUT2D eigenvalue weighted by molar-refractivity contribution is 0.172. The monoisotopic (exact) mass is 256 g/mol. The Labute approximate surface area is 113 Å². The van der Waals surface area contributed by atoms with Crippen molar-refractivity contribution in [3.8, 4) is 0 Å².